The van der Waals surface area contributed by atoms with E-state index < -0.39 is 0 Å². The fourth-order valence-electron chi connectivity index (χ4n) is 4.05. The standard InChI is InChI=1S/C23H22N4O3S/c28-22-10-3-11-26(22)18-7-2-1-6-16(18)24-15-23(29)27-19(20-8-4-12-30-20)14-17(25-27)21-9-5-13-31-21/h1-2,4-9,12-13,19,24H,3,10-11,14-15H2/t19-/m0/s1. The molecule has 1 aromatic carbocycles. The van der Waals surface area contributed by atoms with Gasteiger partial charge in [-0.3, -0.25) is 9.59 Å². The van der Waals surface area contributed by atoms with Gasteiger partial charge >= 0.3 is 0 Å². The molecule has 0 radical (unpaired) electrons. The van der Waals surface area contributed by atoms with Crippen LogP contribution < -0.4 is 10.2 Å². The third-order valence-corrected chi connectivity index (χ3v) is 6.46. The van der Waals surface area contributed by atoms with Crippen LogP contribution in [0.5, 0.6) is 0 Å². The summed E-state index contributed by atoms with van der Waals surface area (Å²) >= 11 is 1.61. The smallest absolute Gasteiger partial charge is 0.262 e. The number of hydrazone groups is 1. The number of carbonyl (C=O) groups is 2. The van der Waals surface area contributed by atoms with E-state index in [0.717, 1.165) is 28.4 Å². The number of benzene rings is 1. The molecule has 4 heterocycles. The summed E-state index contributed by atoms with van der Waals surface area (Å²) in [4.78, 5) is 28.2. The first-order valence-electron chi connectivity index (χ1n) is 10.3. The number of rotatable bonds is 6. The SMILES string of the molecule is O=C1CCCN1c1ccccc1NCC(=O)N1N=C(c2cccs2)C[C@H]1c1ccco1. The highest BCUT2D eigenvalue weighted by molar-refractivity contribution is 7.12. The monoisotopic (exact) mass is 434 g/mol. The Morgan fingerprint density at radius 1 is 1.19 bits per heavy atom. The molecule has 31 heavy (non-hydrogen) atoms. The molecule has 2 aliphatic heterocycles. The Balaban J connectivity index is 1.35. The number of furan rings is 1. The molecular weight excluding hydrogens is 412 g/mol. The lowest BCUT2D eigenvalue weighted by Gasteiger charge is -2.22. The van der Waals surface area contributed by atoms with E-state index in [-0.39, 0.29) is 24.4 Å². The number of hydrogen-bond donors (Lipinski definition) is 1. The van der Waals surface area contributed by atoms with Gasteiger partial charge in [-0.15, -0.1) is 11.3 Å². The highest BCUT2D eigenvalue weighted by atomic mass is 32.1. The number of amides is 2. The van der Waals surface area contributed by atoms with E-state index in [0.29, 0.717) is 25.1 Å². The van der Waals surface area contributed by atoms with Crippen LogP contribution in [-0.4, -0.2) is 35.6 Å². The Hall–Kier alpha value is -3.39. The Morgan fingerprint density at radius 2 is 2.10 bits per heavy atom. The predicted molar refractivity (Wildman–Crippen MR) is 120 cm³/mol. The van der Waals surface area contributed by atoms with Crippen molar-refractivity contribution in [2.45, 2.75) is 25.3 Å². The van der Waals surface area contributed by atoms with Crippen LogP contribution in [0.4, 0.5) is 11.4 Å². The van der Waals surface area contributed by atoms with Gasteiger partial charge in [-0.2, -0.15) is 5.10 Å². The van der Waals surface area contributed by atoms with Crippen LogP contribution in [0.15, 0.2) is 69.7 Å². The van der Waals surface area contributed by atoms with E-state index in [1.807, 2.05) is 53.9 Å². The Kier molecular flexibility index (Phi) is 5.30. The van der Waals surface area contributed by atoms with Gasteiger partial charge in [0.2, 0.25) is 5.91 Å². The summed E-state index contributed by atoms with van der Waals surface area (Å²) in [7, 11) is 0. The second-order valence-electron chi connectivity index (χ2n) is 7.52. The van der Waals surface area contributed by atoms with Crippen molar-refractivity contribution >= 4 is 40.2 Å². The molecule has 158 valence electrons. The maximum Gasteiger partial charge on any atom is 0.262 e. The van der Waals surface area contributed by atoms with Crippen LogP contribution in [0.2, 0.25) is 0 Å². The third-order valence-electron chi connectivity index (χ3n) is 5.54. The minimum atomic E-state index is -0.267. The van der Waals surface area contributed by atoms with Gasteiger partial charge in [0, 0.05) is 19.4 Å². The maximum atomic E-state index is 13.2. The topological polar surface area (TPSA) is 78.2 Å². The summed E-state index contributed by atoms with van der Waals surface area (Å²) in [5.74, 6) is 0.672. The summed E-state index contributed by atoms with van der Waals surface area (Å²) < 4.78 is 5.60. The number of thiophene rings is 1. The predicted octanol–water partition coefficient (Wildman–Crippen LogP) is 4.26. The van der Waals surface area contributed by atoms with Crippen LogP contribution in [0.25, 0.3) is 0 Å². The molecular formula is C23H22N4O3S. The number of anilines is 2. The van der Waals surface area contributed by atoms with Gasteiger partial charge in [-0.1, -0.05) is 18.2 Å². The second kappa shape index (κ2) is 8.39. The first-order chi connectivity index (χ1) is 15.2. The van der Waals surface area contributed by atoms with Crippen LogP contribution >= 0.6 is 11.3 Å². The maximum absolute atomic E-state index is 13.2. The third kappa shape index (κ3) is 3.86. The van der Waals surface area contributed by atoms with Crippen molar-refractivity contribution < 1.29 is 14.0 Å². The number of nitrogens with one attached hydrogen (secondary N) is 1. The highest BCUT2D eigenvalue weighted by Gasteiger charge is 2.35. The van der Waals surface area contributed by atoms with E-state index in [4.69, 9.17) is 4.42 Å². The lowest BCUT2D eigenvalue weighted by Crippen LogP contribution is -2.32. The van der Waals surface area contributed by atoms with Crippen molar-refractivity contribution in [1.82, 2.24) is 5.01 Å². The molecule has 0 bridgehead atoms. The largest absolute Gasteiger partial charge is 0.467 e. The quantitative estimate of drug-likeness (QED) is 0.629. The zero-order valence-electron chi connectivity index (χ0n) is 16.9. The van der Waals surface area contributed by atoms with Crippen molar-refractivity contribution in [1.29, 1.82) is 0 Å². The first-order valence-corrected chi connectivity index (χ1v) is 11.2. The molecule has 0 unspecified atom stereocenters. The summed E-state index contributed by atoms with van der Waals surface area (Å²) in [5, 5.41) is 11.4. The molecule has 7 nitrogen and oxygen atoms in total. The van der Waals surface area contributed by atoms with Gasteiger partial charge in [0.05, 0.1) is 34.8 Å². The highest BCUT2D eigenvalue weighted by Crippen LogP contribution is 2.34. The van der Waals surface area contributed by atoms with Crippen LogP contribution in [-0.2, 0) is 9.59 Å². The van der Waals surface area contributed by atoms with Crippen molar-refractivity contribution in [2.75, 3.05) is 23.3 Å². The van der Waals surface area contributed by atoms with Gasteiger partial charge in [-0.05, 0) is 42.1 Å². The Labute approximate surface area is 184 Å². The molecule has 3 aromatic rings. The Bertz CT molecular complexity index is 1110. The molecule has 0 spiro atoms. The van der Waals surface area contributed by atoms with Gasteiger partial charge in [0.25, 0.3) is 5.91 Å². The summed E-state index contributed by atoms with van der Waals surface area (Å²) in [6, 6.07) is 15.0. The first kappa shape index (κ1) is 19.6. The number of hydrogen-bond acceptors (Lipinski definition) is 6. The van der Waals surface area contributed by atoms with Crippen molar-refractivity contribution in [3.63, 3.8) is 0 Å². The van der Waals surface area contributed by atoms with E-state index in [9.17, 15) is 9.59 Å². The minimum absolute atomic E-state index is 0.0669. The van der Waals surface area contributed by atoms with Crippen LogP contribution in [0, 0.1) is 0 Å². The van der Waals surface area contributed by atoms with E-state index in [1.165, 1.54) is 5.01 Å². The molecule has 1 N–H and O–H groups in total. The molecule has 1 atom stereocenters. The average Bonchev–Trinajstić information content (AvgIpc) is 3.58. The molecule has 2 amide bonds. The lowest BCUT2D eigenvalue weighted by atomic mass is 10.1. The fourth-order valence-corrected chi connectivity index (χ4v) is 4.77. The summed E-state index contributed by atoms with van der Waals surface area (Å²) in [6.45, 7) is 0.768. The van der Waals surface area contributed by atoms with Gasteiger partial charge in [0.15, 0.2) is 0 Å². The number of nitrogens with zero attached hydrogens (tertiary/aromatic N) is 3. The second-order valence-corrected chi connectivity index (χ2v) is 8.46. The molecule has 2 aliphatic rings. The number of para-hydroxylation sites is 2. The number of carbonyl (C=O) groups excluding carboxylic acids is 2. The zero-order valence-corrected chi connectivity index (χ0v) is 17.7. The molecule has 0 aliphatic carbocycles. The molecule has 1 saturated heterocycles. The average molecular weight is 435 g/mol. The zero-order chi connectivity index (χ0) is 21.2. The van der Waals surface area contributed by atoms with Gasteiger partial charge in [0.1, 0.15) is 11.8 Å². The van der Waals surface area contributed by atoms with Crippen molar-refractivity contribution in [3.05, 3.63) is 70.8 Å². The van der Waals surface area contributed by atoms with Crippen molar-refractivity contribution in [2.24, 2.45) is 5.10 Å². The molecule has 5 rings (SSSR count). The van der Waals surface area contributed by atoms with E-state index >= 15 is 0 Å². The van der Waals surface area contributed by atoms with E-state index in [2.05, 4.69) is 10.4 Å². The minimum Gasteiger partial charge on any atom is -0.467 e. The van der Waals surface area contributed by atoms with Crippen molar-refractivity contribution in [3.8, 4) is 0 Å². The normalized spacial score (nSPS) is 18.5. The van der Waals surface area contributed by atoms with Gasteiger partial charge < -0.3 is 14.6 Å². The molecule has 0 saturated carbocycles. The summed E-state index contributed by atoms with van der Waals surface area (Å²) in [5.41, 5.74) is 2.46. The van der Waals surface area contributed by atoms with Crippen LogP contribution in [0.1, 0.15) is 35.9 Å². The van der Waals surface area contributed by atoms with Crippen LogP contribution in [0.3, 0.4) is 0 Å². The molecule has 1 fully saturated rings. The fraction of sp³-hybridized carbons (Fsp3) is 0.261. The molecule has 8 heteroatoms. The lowest BCUT2D eigenvalue weighted by molar-refractivity contribution is -0.131. The molecule has 2 aromatic heterocycles. The summed E-state index contributed by atoms with van der Waals surface area (Å²) in [6.07, 6.45) is 3.64. The van der Waals surface area contributed by atoms with Gasteiger partial charge in [-0.25, -0.2) is 5.01 Å². The Morgan fingerprint density at radius 3 is 2.84 bits per heavy atom. The van der Waals surface area contributed by atoms with E-state index in [1.54, 1.807) is 22.5 Å².